The fourth-order valence-electron chi connectivity index (χ4n) is 3.79. The molecule has 3 aromatic rings. The summed E-state index contributed by atoms with van der Waals surface area (Å²) in [5.74, 6) is 0.320. The average molecular weight is 396 g/mol. The maximum atomic E-state index is 11.0. The minimum absolute atomic E-state index is 0.248. The van der Waals surface area contributed by atoms with Crippen molar-refractivity contribution in [3.05, 3.63) is 47.2 Å². The Morgan fingerprint density at radius 1 is 1.21 bits per heavy atom. The summed E-state index contributed by atoms with van der Waals surface area (Å²) in [4.78, 5) is 14.2. The van der Waals surface area contributed by atoms with E-state index in [9.17, 15) is 5.11 Å². The number of aliphatic hydroxyl groups excluding tert-OH is 1. The molecule has 2 aromatic heterocycles. The van der Waals surface area contributed by atoms with Crippen molar-refractivity contribution in [1.29, 1.82) is 0 Å². The minimum atomic E-state index is -0.803. The topological polar surface area (TPSA) is 100 Å². The van der Waals surface area contributed by atoms with Crippen LogP contribution in [0.2, 0.25) is 0 Å². The van der Waals surface area contributed by atoms with E-state index in [2.05, 4.69) is 38.9 Å². The molecular formula is C22H29N5O2. The number of anilines is 1. The molecule has 1 aliphatic rings. The lowest BCUT2D eigenvalue weighted by atomic mass is 10.0. The number of nitrogens with two attached hydrogens (primary N) is 1. The van der Waals surface area contributed by atoms with Crippen LogP contribution in [0.15, 0.2) is 30.5 Å². The van der Waals surface area contributed by atoms with Crippen LogP contribution in [0.25, 0.3) is 11.0 Å². The summed E-state index contributed by atoms with van der Waals surface area (Å²) >= 11 is 0. The number of ether oxygens (including phenoxy) is 1. The van der Waals surface area contributed by atoms with Gasteiger partial charge in [0.2, 0.25) is 0 Å². The maximum absolute atomic E-state index is 11.0. The van der Waals surface area contributed by atoms with Gasteiger partial charge in [-0.05, 0) is 43.5 Å². The molecule has 4 rings (SSSR count). The van der Waals surface area contributed by atoms with Crippen molar-refractivity contribution in [3.8, 4) is 6.01 Å². The Hall–Kier alpha value is -2.64. The molecule has 0 radical (unpaired) electrons. The molecule has 0 aliphatic carbocycles. The SMILES string of the molecule is CCCCOc1nc(N)c2[nH]cc(C(O)c3ccc(CN4CCCC4)cc3)c2n1. The Balaban J connectivity index is 1.55. The van der Waals surface area contributed by atoms with Gasteiger partial charge in [-0.25, -0.2) is 0 Å². The lowest BCUT2D eigenvalue weighted by molar-refractivity contribution is 0.221. The number of nitrogens with zero attached hydrogens (tertiary/aromatic N) is 3. The van der Waals surface area contributed by atoms with Gasteiger partial charge in [-0.15, -0.1) is 0 Å². The smallest absolute Gasteiger partial charge is 0.319 e. The van der Waals surface area contributed by atoms with Crippen molar-refractivity contribution >= 4 is 16.9 Å². The van der Waals surface area contributed by atoms with Gasteiger partial charge in [0.15, 0.2) is 5.82 Å². The number of rotatable bonds is 8. The van der Waals surface area contributed by atoms with Crippen molar-refractivity contribution in [3.63, 3.8) is 0 Å². The average Bonchev–Trinajstić information content (AvgIpc) is 3.38. The highest BCUT2D eigenvalue weighted by molar-refractivity contribution is 5.88. The zero-order valence-corrected chi connectivity index (χ0v) is 16.9. The van der Waals surface area contributed by atoms with E-state index in [0.717, 1.165) is 24.9 Å². The zero-order chi connectivity index (χ0) is 20.2. The first kappa shape index (κ1) is 19.7. The number of nitrogen functional groups attached to an aromatic ring is 1. The van der Waals surface area contributed by atoms with Crippen LogP contribution in [0.3, 0.4) is 0 Å². The first-order valence-corrected chi connectivity index (χ1v) is 10.4. The number of likely N-dealkylation sites (tertiary alicyclic amines) is 1. The molecule has 0 saturated carbocycles. The first-order valence-electron chi connectivity index (χ1n) is 10.4. The third-order valence-corrected chi connectivity index (χ3v) is 5.49. The molecule has 3 heterocycles. The molecule has 7 nitrogen and oxygen atoms in total. The van der Waals surface area contributed by atoms with Crippen LogP contribution in [-0.4, -0.2) is 44.7 Å². The molecule has 1 atom stereocenters. The molecule has 7 heteroatoms. The van der Waals surface area contributed by atoms with Gasteiger partial charge in [-0.2, -0.15) is 9.97 Å². The summed E-state index contributed by atoms with van der Waals surface area (Å²) in [6.07, 6.45) is 5.46. The Labute approximate surface area is 170 Å². The second kappa shape index (κ2) is 8.80. The predicted octanol–water partition coefficient (Wildman–Crippen LogP) is 3.40. The summed E-state index contributed by atoms with van der Waals surface area (Å²) in [7, 11) is 0. The van der Waals surface area contributed by atoms with Crippen molar-refractivity contribution in [2.45, 2.75) is 45.3 Å². The minimum Gasteiger partial charge on any atom is -0.463 e. The lowest BCUT2D eigenvalue weighted by Crippen LogP contribution is -2.18. The molecule has 29 heavy (non-hydrogen) atoms. The van der Waals surface area contributed by atoms with Gasteiger partial charge in [-0.3, -0.25) is 4.90 Å². The summed E-state index contributed by atoms with van der Waals surface area (Å²) in [5, 5.41) is 11.0. The van der Waals surface area contributed by atoms with E-state index in [1.54, 1.807) is 6.20 Å². The molecule has 1 saturated heterocycles. The molecule has 1 aromatic carbocycles. The van der Waals surface area contributed by atoms with E-state index in [4.69, 9.17) is 10.5 Å². The number of nitrogens with one attached hydrogen (secondary N) is 1. The molecule has 0 spiro atoms. The summed E-state index contributed by atoms with van der Waals surface area (Å²) in [6, 6.07) is 8.40. The fraction of sp³-hybridized carbons (Fsp3) is 0.455. The molecule has 1 fully saturated rings. The monoisotopic (exact) mass is 395 g/mol. The number of benzene rings is 1. The molecule has 0 amide bonds. The number of fused-ring (bicyclic) bond motifs is 1. The molecule has 0 bridgehead atoms. The number of aromatic nitrogens is 3. The number of unbranched alkanes of at least 4 members (excludes halogenated alkanes) is 1. The van der Waals surface area contributed by atoms with Crippen LogP contribution in [0.5, 0.6) is 6.01 Å². The third kappa shape index (κ3) is 4.36. The predicted molar refractivity (Wildman–Crippen MR) is 114 cm³/mol. The Morgan fingerprint density at radius 3 is 2.69 bits per heavy atom. The standard InChI is InChI=1S/C22H29N5O2/c1-2-3-12-29-22-25-18-17(13-24-19(18)21(23)26-22)20(28)16-8-6-15(7-9-16)14-27-10-4-5-11-27/h6-9,13,20,24,28H,2-5,10-12,14H2,1H3,(H2,23,25,26). The lowest BCUT2D eigenvalue weighted by Gasteiger charge is -2.16. The van der Waals surface area contributed by atoms with Crippen LogP contribution in [-0.2, 0) is 6.54 Å². The molecule has 4 N–H and O–H groups in total. The molecule has 1 unspecified atom stereocenters. The number of aromatic amines is 1. The highest BCUT2D eigenvalue weighted by Crippen LogP contribution is 2.31. The molecule has 154 valence electrons. The van der Waals surface area contributed by atoms with Crippen molar-refractivity contribution in [1.82, 2.24) is 19.9 Å². The quantitative estimate of drug-likeness (QED) is 0.506. The van der Waals surface area contributed by atoms with Crippen molar-refractivity contribution in [2.24, 2.45) is 0 Å². The largest absolute Gasteiger partial charge is 0.463 e. The highest BCUT2D eigenvalue weighted by Gasteiger charge is 2.20. The second-order valence-corrected chi connectivity index (χ2v) is 7.69. The van der Waals surface area contributed by atoms with Gasteiger partial charge in [0, 0.05) is 18.3 Å². The van der Waals surface area contributed by atoms with Gasteiger partial charge in [0.1, 0.15) is 17.1 Å². The summed E-state index contributed by atoms with van der Waals surface area (Å²) in [6.45, 7) is 5.94. The van der Waals surface area contributed by atoms with Crippen LogP contribution in [0, 0.1) is 0 Å². The first-order chi connectivity index (χ1) is 14.2. The molecular weight excluding hydrogens is 366 g/mol. The van der Waals surface area contributed by atoms with Crippen LogP contribution < -0.4 is 10.5 Å². The van der Waals surface area contributed by atoms with E-state index in [0.29, 0.717) is 29.0 Å². The van der Waals surface area contributed by atoms with E-state index >= 15 is 0 Å². The van der Waals surface area contributed by atoms with Crippen LogP contribution in [0.1, 0.15) is 55.4 Å². The maximum Gasteiger partial charge on any atom is 0.319 e. The van der Waals surface area contributed by atoms with E-state index in [1.807, 2.05) is 12.1 Å². The van der Waals surface area contributed by atoms with Gasteiger partial charge in [-0.1, -0.05) is 37.6 Å². The second-order valence-electron chi connectivity index (χ2n) is 7.69. The van der Waals surface area contributed by atoms with Gasteiger partial charge >= 0.3 is 6.01 Å². The Morgan fingerprint density at radius 2 is 1.97 bits per heavy atom. The number of hydrogen-bond donors (Lipinski definition) is 3. The summed E-state index contributed by atoms with van der Waals surface area (Å²) < 4.78 is 5.62. The van der Waals surface area contributed by atoms with Crippen LogP contribution in [0.4, 0.5) is 5.82 Å². The van der Waals surface area contributed by atoms with Crippen LogP contribution >= 0.6 is 0 Å². The van der Waals surface area contributed by atoms with Crippen molar-refractivity contribution < 1.29 is 9.84 Å². The Bertz CT molecular complexity index is 948. The molecule has 1 aliphatic heterocycles. The fourth-order valence-corrected chi connectivity index (χ4v) is 3.79. The number of hydrogen-bond acceptors (Lipinski definition) is 6. The third-order valence-electron chi connectivity index (χ3n) is 5.49. The Kier molecular flexibility index (Phi) is 5.97. The zero-order valence-electron chi connectivity index (χ0n) is 16.9. The number of aliphatic hydroxyl groups is 1. The number of H-pyrrole nitrogens is 1. The van der Waals surface area contributed by atoms with Crippen molar-refractivity contribution in [2.75, 3.05) is 25.4 Å². The van der Waals surface area contributed by atoms with E-state index in [1.165, 1.54) is 31.5 Å². The van der Waals surface area contributed by atoms with E-state index < -0.39 is 6.10 Å². The van der Waals surface area contributed by atoms with E-state index in [-0.39, 0.29) is 6.01 Å². The van der Waals surface area contributed by atoms with Gasteiger partial charge in [0.05, 0.1) is 6.61 Å². The van der Waals surface area contributed by atoms with Gasteiger partial charge in [0.25, 0.3) is 0 Å². The highest BCUT2D eigenvalue weighted by atomic mass is 16.5. The van der Waals surface area contributed by atoms with Gasteiger partial charge < -0.3 is 20.6 Å². The normalized spacial score (nSPS) is 15.8. The summed E-state index contributed by atoms with van der Waals surface area (Å²) in [5.41, 5.74) is 10.0.